The molecule has 2 rings (SSSR count). The maximum absolute atomic E-state index is 12.7. The average molecular weight is 274 g/mol. The Morgan fingerprint density at radius 2 is 1.90 bits per heavy atom. The number of nitrogens with zero attached hydrogens (tertiary/aromatic N) is 2. The predicted octanol–water partition coefficient (Wildman–Crippen LogP) is 2.54. The lowest BCUT2D eigenvalue weighted by Gasteiger charge is -2.13. The zero-order chi connectivity index (χ0) is 14.5. The molecule has 2 aromatic rings. The lowest BCUT2D eigenvalue weighted by atomic mass is 10.1. The molecular weight excluding hydrogens is 256 g/mol. The van der Waals surface area contributed by atoms with Gasteiger partial charge in [-0.05, 0) is 18.6 Å². The van der Waals surface area contributed by atoms with E-state index in [2.05, 4.69) is 4.98 Å². The van der Waals surface area contributed by atoms with Gasteiger partial charge in [0.2, 0.25) is 0 Å². The third kappa shape index (κ3) is 2.52. The van der Waals surface area contributed by atoms with E-state index in [0.717, 1.165) is 18.7 Å². The number of carbonyl (C=O) groups excluding carboxylic acids is 1. The fourth-order valence-corrected chi connectivity index (χ4v) is 2.11. The van der Waals surface area contributed by atoms with Crippen molar-refractivity contribution >= 4 is 5.91 Å². The number of methoxy groups -OCH3 is 2. The van der Waals surface area contributed by atoms with Crippen molar-refractivity contribution < 1.29 is 14.3 Å². The van der Waals surface area contributed by atoms with Gasteiger partial charge in [-0.3, -0.25) is 9.36 Å². The monoisotopic (exact) mass is 274 g/mol. The Labute approximate surface area is 118 Å². The van der Waals surface area contributed by atoms with Crippen molar-refractivity contribution in [2.45, 2.75) is 19.8 Å². The first-order valence-corrected chi connectivity index (χ1v) is 6.50. The maximum Gasteiger partial charge on any atom is 0.270 e. The van der Waals surface area contributed by atoms with Crippen LogP contribution in [0.25, 0.3) is 0 Å². The summed E-state index contributed by atoms with van der Waals surface area (Å²) >= 11 is 0. The van der Waals surface area contributed by atoms with Crippen molar-refractivity contribution in [3.63, 3.8) is 0 Å². The molecule has 1 heterocycles. The molecule has 5 heteroatoms. The quantitative estimate of drug-likeness (QED) is 0.840. The molecule has 0 saturated carbocycles. The molecule has 0 spiro atoms. The van der Waals surface area contributed by atoms with E-state index >= 15 is 0 Å². The van der Waals surface area contributed by atoms with E-state index in [1.165, 1.54) is 14.2 Å². The van der Waals surface area contributed by atoms with Crippen LogP contribution in [0.1, 0.15) is 29.5 Å². The first-order valence-electron chi connectivity index (χ1n) is 6.50. The molecule has 106 valence electrons. The maximum atomic E-state index is 12.7. The van der Waals surface area contributed by atoms with E-state index in [1.54, 1.807) is 35.2 Å². The smallest absolute Gasteiger partial charge is 0.270 e. The molecule has 0 saturated heterocycles. The van der Waals surface area contributed by atoms with Gasteiger partial charge in [0.25, 0.3) is 5.91 Å². The highest BCUT2D eigenvalue weighted by Crippen LogP contribution is 2.29. The zero-order valence-corrected chi connectivity index (χ0v) is 11.9. The van der Waals surface area contributed by atoms with Gasteiger partial charge in [0.15, 0.2) is 0 Å². The number of benzene rings is 1. The molecule has 0 aliphatic heterocycles. The highest BCUT2D eigenvalue weighted by molar-refractivity contribution is 6.01. The van der Waals surface area contributed by atoms with E-state index in [0.29, 0.717) is 17.1 Å². The largest absolute Gasteiger partial charge is 0.496 e. The van der Waals surface area contributed by atoms with Crippen LogP contribution in [-0.2, 0) is 6.42 Å². The van der Waals surface area contributed by atoms with Crippen LogP contribution in [0, 0.1) is 0 Å². The molecule has 0 aliphatic rings. The first kappa shape index (κ1) is 14.1. The van der Waals surface area contributed by atoms with Crippen molar-refractivity contribution in [3.05, 3.63) is 42.0 Å². The van der Waals surface area contributed by atoms with Crippen LogP contribution in [0.3, 0.4) is 0 Å². The van der Waals surface area contributed by atoms with Crippen LogP contribution in [0.15, 0.2) is 30.6 Å². The fourth-order valence-electron chi connectivity index (χ4n) is 2.11. The highest BCUT2D eigenvalue weighted by Gasteiger charge is 2.21. The standard InChI is InChI=1S/C15H18N2O3/c1-4-6-13-16-9-10-17(13)15(18)14-11(19-2)7-5-8-12(14)20-3/h5,7-10H,4,6H2,1-3H3. The van der Waals surface area contributed by atoms with Gasteiger partial charge in [-0.25, -0.2) is 4.98 Å². The summed E-state index contributed by atoms with van der Waals surface area (Å²) in [6.07, 6.45) is 4.97. The summed E-state index contributed by atoms with van der Waals surface area (Å²) in [5.41, 5.74) is 0.410. The van der Waals surface area contributed by atoms with E-state index in [9.17, 15) is 4.79 Å². The topological polar surface area (TPSA) is 53.4 Å². The Morgan fingerprint density at radius 1 is 1.25 bits per heavy atom. The van der Waals surface area contributed by atoms with E-state index in [-0.39, 0.29) is 5.91 Å². The van der Waals surface area contributed by atoms with E-state index in [1.807, 2.05) is 6.92 Å². The summed E-state index contributed by atoms with van der Waals surface area (Å²) in [7, 11) is 3.07. The SMILES string of the molecule is CCCc1nccn1C(=O)c1c(OC)cccc1OC. The third-order valence-electron chi connectivity index (χ3n) is 3.05. The molecular formula is C15H18N2O3. The average Bonchev–Trinajstić information content (AvgIpc) is 2.94. The van der Waals surface area contributed by atoms with Crippen molar-refractivity contribution in [1.29, 1.82) is 0 Å². The van der Waals surface area contributed by atoms with Crippen molar-refractivity contribution in [2.24, 2.45) is 0 Å². The third-order valence-corrected chi connectivity index (χ3v) is 3.05. The number of carbonyl (C=O) groups is 1. The fraction of sp³-hybridized carbons (Fsp3) is 0.333. The molecule has 1 aromatic heterocycles. The minimum Gasteiger partial charge on any atom is -0.496 e. The molecule has 5 nitrogen and oxygen atoms in total. The normalized spacial score (nSPS) is 10.3. The van der Waals surface area contributed by atoms with Gasteiger partial charge in [0.05, 0.1) is 14.2 Å². The van der Waals surface area contributed by atoms with Gasteiger partial charge in [0.1, 0.15) is 22.9 Å². The van der Waals surface area contributed by atoms with E-state index < -0.39 is 0 Å². The second kappa shape index (κ2) is 6.23. The minimum absolute atomic E-state index is 0.194. The van der Waals surface area contributed by atoms with Crippen LogP contribution < -0.4 is 9.47 Å². The first-order chi connectivity index (χ1) is 9.72. The lowest BCUT2D eigenvalue weighted by molar-refractivity contribution is 0.0950. The molecule has 0 bridgehead atoms. The highest BCUT2D eigenvalue weighted by atomic mass is 16.5. The summed E-state index contributed by atoms with van der Waals surface area (Å²) < 4.78 is 12.1. The Kier molecular flexibility index (Phi) is 4.40. The van der Waals surface area contributed by atoms with Gasteiger partial charge < -0.3 is 9.47 Å². The molecule has 0 N–H and O–H groups in total. The summed E-state index contributed by atoms with van der Waals surface area (Å²) in [4.78, 5) is 16.9. The van der Waals surface area contributed by atoms with Crippen LogP contribution in [-0.4, -0.2) is 29.7 Å². The Bertz CT molecular complexity index is 583. The number of imidazole rings is 1. The number of hydrogen-bond acceptors (Lipinski definition) is 4. The molecule has 20 heavy (non-hydrogen) atoms. The lowest BCUT2D eigenvalue weighted by Crippen LogP contribution is -2.16. The number of hydrogen-bond donors (Lipinski definition) is 0. The number of aryl methyl sites for hydroxylation is 1. The van der Waals surface area contributed by atoms with Crippen molar-refractivity contribution in [3.8, 4) is 11.5 Å². The minimum atomic E-state index is -0.194. The Morgan fingerprint density at radius 3 is 2.45 bits per heavy atom. The zero-order valence-electron chi connectivity index (χ0n) is 11.9. The Balaban J connectivity index is 2.50. The molecule has 0 fully saturated rings. The second-order valence-electron chi connectivity index (χ2n) is 4.31. The van der Waals surface area contributed by atoms with Crippen LogP contribution >= 0.6 is 0 Å². The molecule has 0 amide bonds. The van der Waals surface area contributed by atoms with Gasteiger partial charge >= 0.3 is 0 Å². The summed E-state index contributed by atoms with van der Waals surface area (Å²) in [5.74, 6) is 1.53. The van der Waals surface area contributed by atoms with Crippen LogP contribution in [0.2, 0.25) is 0 Å². The van der Waals surface area contributed by atoms with Gasteiger partial charge in [-0.15, -0.1) is 0 Å². The predicted molar refractivity (Wildman–Crippen MR) is 75.5 cm³/mol. The van der Waals surface area contributed by atoms with E-state index in [4.69, 9.17) is 9.47 Å². The molecule has 0 aliphatic carbocycles. The summed E-state index contributed by atoms with van der Waals surface area (Å²) in [5, 5.41) is 0. The van der Waals surface area contributed by atoms with Crippen molar-refractivity contribution in [2.75, 3.05) is 14.2 Å². The number of aromatic nitrogens is 2. The molecule has 0 radical (unpaired) electrons. The van der Waals surface area contributed by atoms with Gasteiger partial charge in [-0.1, -0.05) is 13.0 Å². The Hall–Kier alpha value is -2.30. The molecule has 0 atom stereocenters. The second-order valence-corrected chi connectivity index (χ2v) is 4.31. The van der Waals surface area contributed by atoms with Crippen LogP contribution in [0.5, 0.6) is 11.5 Å². The van der Waals surface area contributed by atoms with Crippen molar-refractivity contribution in [1.82, 2.24) is 9.55 Å². The van der Waals surface area contributed by atoms with Gasteiger partial charge in [0, 0.05) is 18.8 Å². The number of ether oxygens (including phenoxy) is 2. The van der Waals surface area contributed by atoms with Gasteiger partial charge in [-0.2, -0.15) is 0 Å². The molecule has 1 aromatic carbocycles. The molecule has 0 unspecified atom stereocenters. The van der Waals surface area contributed by atoms with Crippen LogP contribution in [0.4, 0.5) is 0 Å². The summed E-state index contributed by atoms with van der Waals surface area (Å²) in [6, 6.07) is 5.27. The number of rotatable bonds is 5. The summed E-state index contributed by atoms with van der Waals surface area (Å²) in [6.45, 7) is 2.05.